The van der Waals surface area contributed by atoms with E-state index in [4.69, 9.17) is 31.2 Å². The lowest BCUT2D eigenvalue weighted by molar-refractivity contribution is -0.128. The number of ether oxygens (including phenoxy) is 2. The highest BCUT2D eigenvalue weighted by Gasteiger charge is 2.49. The lowest BCUT2D eigenvalue weighted by Crippen LogP contribution is -2.50. The van der Waals surface area contributed by atoms with Gasteiger partial charge in [-0.2, -0.15) is 0 Å². The molecule has 0 bridgehead atoms. The maximum atomic E-state index is 13.2. The lowest BCUT2D eigenvalue weighted by atomic mass is 9.89. The summed E-state index contributed by atoms with van der Waals surface area (Å²) in [7, 11) is 0. The van der Waals surface area contributed by atoms with Gasteiger partial charge in [0.05, 0.1) is 6.61 Å². The molecule has 0 saturated carbocycles. The van der Waals surface area contributed by atoms with E-state index < -0.39 is 11.6 Å². The van der Waals surface area contributed by atoms with Crippen molar-refractivity contribution in [2.75, 3.05) is 13.2 Å². The summed E-state index contributed by atoms with van der Waals surface area (Å²) in [6.07, 6.45) is 2.16. The first-order valence-corrected chi connectivity index (χ1v) is 10.6. The minimum Gasteiger partial charge on any atom is -0.494 e. The van der Waals surface area contributed by atoms with Gasteiger partial charge in [0.25, 0.3) is 5.91 Å². The van der Waals surface area contributed by atoms with Crippen LogP contribution in [0.15, 0.2) is 66.2 Å². The number of rotatable bonds is 10. The van der Waals surface area contributed by atoms with E-state index >= 15 is 0 Å². The molecular weight excluding hydrogens is 416 g/mol. The van der Waals surface area contributed by atoms with E-state index in [2.05, 4.69) is 11.9 Å². The molecule has 0 spiro atoms. The molecule has 2 aromatic carbocycles. The van der Waals surface area contributed by atoms with Crippen LogP contribution < -0.4 is 10.1 Å². The normalized spacial score (nSPS) is 20.0. The van der Waals surface area contributed by atoms with E-state index in [9.17, 15) is 4.79 Å². The number of nitrogens with one attached hydrogen (secondary N) is 1. The number of aliphatic imine (C=N–C) groups is 1. The van der Waals surface area contributed by atoms with E-state index in [1.165, 1.54) is 0 Å². The number of benzene rings is 2. The van der Waals surface area contributed by atoms with Crippen LogP contribution in [0.3, 0.4) is 0 Å². The zero-order valence-electron chi connectivity index (χ0n) is 17.5. The van der Waals surface area contributed by atoms with Crippen molar-refractivity contribution < 1.29 is 19.4 Å². The second-order valence-corrected chi connectivity index (χ2v) is 7.79. The lowest BCUT2D eigenvalue weighted by Gasteiger charge is -2.26. The highest BCUT2D eigenvalue weighted by Crippen LogP contribution is 2.32. The highest BCUT2D eigenvalue weighted by molar-refractivity contribution is 6.30. The number of carbonyl (C=O) groups excluding carboxylic acids is 1. The van der Waals surface area contributed by atoms with Crippen molar-refractivity contribution in [1.29, 1.82) is 0 Å². The molecule has 1 amide bonds. The molecule has 0 radical (unpaired) electrons. The quantitative estimate of drug-likeness (QED) is 0.432. The summed E-state index contributed by atoms with van der Waals surface area (Å²) in [4.78, 5) is 17.9. The molecule has 1 aliphatic rings. The van der Waals surface area contributed by atoms with Crippen LogP contribution in [-0.2, 0) is 16.1 Å². The maximum Gasteiger partial charge on any atom is 0.252 e. The minimum atomic E-state index is -1.08. The van der Waals surface area contributed by atoms with Crippen LogP contribution >= 0.6 is 11.6 Å². The van der Waals surface area contributed by atoms with Crippen molar-refractivity contribution in [3.05, 3.63) is 77.3 Å². The summed E-state index contributed by atoms with van der Waals surface area (Å²) in [5.41, 5.74) is 0.622. The summed E-state index contributed by atoms with van der Waals surface area (Å²) in [6, 6.07) is 14.6. The second-order valence-electron chi connectivity index (χ2n) is 7.35. The molecule has 2 aromatic rings. The Morgan fingerprint density at radius 2 is 2.00 bits per heavy atom. The summed E-state index contributed by atoms with van der Waals surface area (Å²) in [5.74, 6) is 0.897. The SMILES string of the molecule is C=CC[C@@]1(C(=O)NCc2ccc(Cl)cc2)N=C(c2ccc(OCCCO)cc2)O[C@@H]1C. The van der Waals surface area contributed by atoms with Crippen LogP contribution in [0.5, 0.6) is 5.75 Å². The Balaban J connectivity index is 1.75. The number of hydrogen-bond acceptors (Lipinski definition) is 5. The van der Waals surface area contributed by atoms with Crippen LogP contribution in [-0.4, -0.2) is 41.8 Å². The number of hydrogen-bond donors (Lipinski definition) is 2. The fourth-order valence-corrected chi connectivity index (χ4v) is 3.47. The van der Waals surface area contributed by atoms with Crippen molar-refractivity contribution in [3.8, 4) is 5.75 Å². The molecule has 6 nitrogen and oxygen atoms in total. The summed E-state index contributed by atoms with van der Waals surface area (Å²) < 4.78 is 11.6. The predicted octanol–water partition coefficient (Wildman–Crippen LogP) is 3.90. The van der Waals surface area contributed by atoms with Crippen molar-refractivity contribution in [2.24, 2.45) is 4.99 Å². The largest absolute Gasteiger partial charge is 0.494 e. The molecule has 7 heteroatoms. The molecule has 0 aliphatic carbocycles. The molecule has 0 aromatic heterocycles. The monoisotopic (exact) mass is 442 g/mol. The van der Waals surface area contributed by atoms with Crippen molar-refractivity contribution >= 4 is 23.4 Å². The van der Waals surface area contributed by atoms with Gasteiger partial charge in [0.1, 0.15) is 11.9 Å². The number of halogens is 1. The third kappa shape index (κ3) is 5.46. The van der Waals surface area contributed by atoms with Crippen molar-refractivity contribution in [2.45, 2.75) is 38.0 Å². The fourth-order valence-electron chi connectivity index (χ4n) is 3.34. The van der Waals surface area contributed by atoms with Gasteiger partial charge in [0.2, 0.25) is 5.90 Å². The first kappa shape index (κ1) is 22.8. The smallest absolute Gasteiger partial charge is 0.252 e. The van der Waals surface area contributed by atoms with Gasteiger partial charge in [-0.05, 0) is 48.9 Å². The average Bonchev–Trinajstić information content (AvgIpc) is 3.11. The zero-order chi connectivity index (χ0) is 22.3. The van der Waals surface area contributed by atoms with Gasteiger partial charge in [-0.1, -0.05) is 29.8 Å². The molecule has 164 valence electrons. The van der Waals surface area contributed by atoms with Crippen molar-refractivity contribution in [1.82, 2.24) is 5.32 Å². The molecule has 1 heterocycles. The topological polar surface area (TPSA) is 80.2 Å². The first-order chi connectivity index (χ1) is 15.0. The Bertz CT molecular complexity index is 928. The number of aliphatic hydroxyl groups is 1. The van der Waals surface area contributed by atoms with Crippen LogP contribution in [0.4, 0.5) is 0 Å². The molecule has 1 aliphatic heterocycles. The standard InChI is InChI=1S/C24H27ClN2O4/c1-3-13-24(23(29)26-16-18-5-9-20(25)10-6-18)17(2)31-22(27-24)19-7-11-21(12-8-19)30-15-4-14-28/h3,5-12,17,28H,1,4,13-16H2,2H3,(H,26,29)/t17-,24-/m1/s1. The number of carbonyl (C=O) groups is 1. The van der Waals surface area contributed by atoms with Gasteiger partial charge in [-0.25, -0.2) is 4.99 Å². The molecule has 3 rings (SSSR count). The Hall–Kier alpha value is -2.83. The van der Waals surface area contributed by atoms with E-state index in [0.717, 1.165) is 11.1 Å². The first-order valence-electron chi connectivity index (χ1n) is 10.2. The van der Waals surface area contributed by atoms with Gasteiger partial charge < -0.3 is 19.9 Å². The Morgan fingerprint density at radius 3 is 2.65 bits per heavy atom. The molecule has 31 heavy (non-hydrogen) atoms. The Kier molecular flexibility index (Phi) is 7.71. The van der Waals surface area contributed by atoms with Gasteiger partial charge in [0.15, 0.2) is 5.54 Å². The average molecular weight is 443 g/mol. The fraction of sp³-hybridized carbons (Fsp3) is 0.333. The van der Waals surface area contributed by atoms with Crippen LogP contribution in [0, 0.1) is 0 Å². The van der Waals surface area contributed by atoms with E-state index in [0.29, 0.717) is 42.7 Å². The predicted molar refractivity (Wildman–Crippen MR) is 122 cm³/mol. The number of aliphatic hydroxyl groups excluding tert-OH is 1. The minimum absolute atomic E-state index is 0.0894. The maximum absolute atomic E-state index is 13.2. The van der Waals surface area contributed by atoms with E-state index in [1.54, 1.807) is 18.2 Å². The van der Waals surface area contributed by atoms with E-state index in [1.807, 2.05) is 43.3 Å². The Labute approximate surface area is 187 Å². The Morgan fingerprint density at radius 1 is 1.29 bits per heavy atom. The highest BCUT2D eigenvalue weighted by atomic mass is 35.5. The van der Waals surface area contributed by atoms with Gasteiger partial charge in [-0.15, -0.1) is 6.58 Å². The summed E-state index contributed by atoms with van der Waals surface area (Å²) in [5, 5.41) is 12.5. The third-order valence-electron chi connectivity index (χ3n) is 5.15. The number of amides is 1. The molecule has 2 N–H and O–H groups in total. The second kappa shape index (κ2) is 10.5. The molecule has 0 saturated heterocycles. The molecule has 0 unspecified atom stereocenters. The third-order valence-corrected chi connectivity index (χ3v) is 5.40. The summed E-state index contributed by atoms with van der Waals surface area (Å²) in [6.45, 7) is 6.55. The van der Waals surface area contributed by atoms with Crippen LogP contribution in [0.25, 0.3) is 0 Å². The summed E-state index contributed by atoms with van der Waals surface area (Å²) >= 11 is 5.93. The molecular formula is C24H27ClN2O4. The van der Waals surface area contributed by atoms with Gasteiger partial charge in [0, 0.05) is 36.6 Å². The van der Waals surface area contributed by atoms with Gasteiger partial charge in [-0.3, -0.25) is 4.79 Å². The zero-order valence-corrected chi connectivity index (χ0v) is 18.3. The van der Waals surface area contributed by atoms with Crippen LogP contribution in [0.1, 0.15) is 30.9 Å². The molecule has 2 atom stereocenters. The van der Waals surface area contributed by atoms with Gasteiger partial charge >= 0.3 is 0 Å². The molecule has 0 fully saturated rings. The van der Waals surface area contributed by atoms with Crippen molar-refractivity contribution in [3.63, 3.8) is 0 Å². The van der Waals surface area contributed by atoms with E-state index in [-0.39, 0.29) is 12.5 Å². The number of nitrogens with zero attached hydrogens (tertiary/aromatic N) is 1. The van der Waals surface area contributed by atoms with Crippen LogP contribution in [0.2, 0.25) is 5.02 Å².